The molecule has 1 aromatic heterocycles. The zero-order valence-corrected chi connectivity index (χ0v) is 19.8. The van der Waals surface area contributed by atoms with Crippen LogP contribution in [0.4, 0.5) is 0 Å². The lowest BCUT2D eigenvalue weighted by atomic mass is 9.54. The first-order valence-corrected chi connectivity index (χ1v) is 10.9. The van der Waals surface area contributed by atoms with Crippen LogP contribution >= 0.6 is 24.0 Å². The molecule has 0 radical (unpaired) electrons. The predicted molar refractivity (Wildman–Crippen MR) is 129 cm³/mol. The fourth-order valence-corrected chi connectivity index (χ4v) is 6.21. The number of nitrogens with one attached hydrogen (secondary N) is 3. The summed E-state index contributed by atoms with van der Waals surface area (Å²) in [6.07, 6.45) is 10.1. The fourth-order valence-electron chi connectivity index (χ4n) is 6.21. The standard InChI is InChI=1S/C23H32N4O.HI/c1-15-6-5-7-18-19(15)16(14-26-18)8-12-25-22(24-2)27-20-17-9-13-28-21(17)23(20)10-3-4-11-23;/h5-7,14,17,20-21,26H,3-4,8-13H2,1-2H3,(H2,24,25,27);1H. The van der Waals surface area contributed by atoms with Crippen LogP contribution in [0.2, 0.25) is 0 Å². The number of aromatic nitrogens is 1. The van der Waals surface area contributed by atoms with Crippen molar-refractivity contribution in [3.63, 3.8) is 0 Å². The average molecular weight is 508 g/mol. The summed E-state index contributed by atoms with van der Waals surface area (Å²) < 4.78 is 6.11. The zero-order valence-electron chi connectivity index (χ0n) is 17.5. The molecule has 3 N–H and O–H groups in total. The van der Waals surface area contributed by atoms with Crippen molar-refractivity contribution in [1.82, 2.24) is 15.6 Å². The summed E-state index contributed by atoms with van der Waals surface area (Å²) in [7, 11) is 1.88. The lowest BCUT2D eigenvalue weighted by Gasteiger charge is -2.57. The molecule has 3 fully saturated rings. The van der Waals surface area contributed by atoms with Gasteiger partial charge >= 0.3 is 0 Å². The second-order valence-corrected chi connectivity index (χ2v) is 8.87. The minimum atomic E-state index is 0. The highest BCUT2D eigenvalue weighted by molar-refractivity contribution is 14.0. The van der Waals surface area contributed by atoms with E-state index in [9.17, 15) is 0 Å². The van der Waals surface area contributed by atoms with Crippen LogP contribution < -0.4 is 10.6 Å². The molecule has 2 saturated carbocycles. The van der Waals surface area contributed by atoms with Crippen LogP contribution in [-0.2, 0) is 11.2 Å². The lowest BCUT2D eigenvalue weighted by Crippen LogP contribution is -2.69. The second kappa shape index (κ2) is 8.46. The summed E-state index contributed by atoms with van der Waals surface area (Å²) in [6.45, 7) is 4.00. The highest BCUT2D eigenvalue weighted by Gasteiger charge is 2.65. The van der Waals surface area contributed by atoms with Crippen LogP contribution in [0.1, 0.15) is 43.2 Å². The summed E-state index contributed by atoms with van der Waals surface area (Å²) in [5.41, 5.74) is 4.28. The molecular weight excluding hydrogens is 475 g/mol. The third-order valence-corrected chi connectivity index (χ3v) is 7.48. The van der Waals surface area contributed by atoms with E-state index in [-0.39, 0.29) is 24.0 Å². The van der Waals surface area contributed by atoms with Crippen LogP contribution in [-0.4, -0.2) is 43.3 Å². The first-order chi connectivity index (χ1) is 13.7. The van der Waals surface area contributed by atoms with Gasteiger partial charge in [-0.1, -0.05) is 25.0 Å². The topological polar surface area (TPSA) is 61.4 Å². The Morgan fingerprint density at radius 2 is 2.14 bits per heavy atom. The van der Waals surface area contributed by atoms with Crippen molar-refractivity contribution in [2.45, 2.75) is 57.6 Å². The van der Waals surface area contributed by atoms with E-state index in [4.69, 9.17) is 4.74 Å². The smallest absolute Gasteiger partial charge is 0.191 e. The Morgan fingerprint density at radius 3 is 2.93 bits per heavy atom. The molecule has 6 heteroatoms. The van der Waals surface area contributed by atoms with Crippen LogP contribution in [0.5, 0.6) is 0 Å². The van der Waals surface area contributed by atoms with Gasteiger partial charge in [-0.25, -0.2) is 0 Å². The van der Waals surface area contributed by atoms with E-state index in [0.29, 0.717) is 23.5 Å². The van der Waals surface area contributed by atoms with E-state index < -0.39 is 0 Å². The van der Waals surface area contributed by atoms with Crippen LogP contribution in [0.15, 0.2) is 29.4 Å². The molecule has 1 saturated heterocycles. The maximum Gasteiger partial charge on any atom is 0.191 e. The zero-order chi connectivity index (χ0) is 19.1. The minimum Gasteiger partial charge on any atom is -0.377 e. The maximum absolute atomic E-state index is 6.11. The molecule has 3 aliphatic rings. The number of aliphatic imine (C=N–C) groups is 1. The van der Waals surface area contributed by atoms with Gasteiger partial charge in [0.25, 0.3) is 0 Å². The molecule has 5 nitrogen and oxygen atoms in total. The Bertz CT molecular complexity index is 886. The summed E-state index contributed by atoms with van der Waals surface area (Å²) in [5, 5.41) is 8.71. The van der Waals surface area contributed by atoms with Crippen LogP contribution in [0.25, 0.3) is 10.9 Å². The van der Waals surface area contributed by atoms with Crippen molar-refractivity contribution in [1.29, 1.82) is 0 Å². The van der Waals surface area contributed by atoms with E-state index in [1.807, 2.05) is 7.05 Å². The molecule has 1 spiro atoms. The number of benzene rings is 1. The van der Waals surface area contributed by atoms with Gasteiger partial charge in [0.05, 0.1) is 6.10 Å². The molecule has 3 atom stereocenters. The number of hydrogen-bond donors (Lipinski definition) is 3. The number of aryl methyl sites for hydroxylation is 1. The van der Waals surface area contributed by atoms with E-state index >= 15 is 0 Å². The molecule has 2 aliphatic carbocycles. The average Bonchev–Trinajstić information content (AvgIpc) is 3.43. The van der Waals surface area contributed by atoms with Crippen LogP contribution in [0.3, 0.4) is 0 Å². The minimum absolute atomic E-state index is 0. The van der Waals surface area contributed by atoms with Gasteiger partial charge in [0, 0.05) is 54.7 Å². The van der Waals surface area contributed by atoms with Crippen LogP contribution in [0, 0.1) is 18.3 Å². The third-order valence-electron chi connectivity index (χ3n) is 7.48. The summed E-state index contributed by atoms with van der Waals surface area (Å²) in [5.74, 6) is 1.60. The molecule has 0 bridgehead atoms. The summed E-state index contributed by atoms with van der Waals surface area (Å²) in [6, 6.07) is 6.96. The largest absolute Gasteiger partial charge is 0.377 e. The van der Waals surface area contributed by atoms with Gasteiger partial charge < -0.3 is 20.4 Å². The Balaban J connectivity index is 0.00000205. The third kappa shape index (κ3) is 3.46. The number of H-pyrrole nitrogens is 1. The van der Waals surface area contributed by atoms with Gasteiger partial charge in [0.1, 0.15) is 0 Å². The number of nitrogens with zero attached hydrogens (tertiary/aromatic N) is 1. The lowest BCUT2D eigenvalue weighted by molar-refractivity contribution is -0.125. The number of guanidine groups is 1. The number of aromatic amines is 1. The quantitative estimate of drug-likeness (QED) is 0.331. The maximum atomic E-state index is 6.11. The van der Waals surface area contributed by atoms with Gasteiger partial charge in [0.15, 0.2) is 5.96 Å². The Labute approximate surface area is 190 Å². The fraction of sp³-hybridized carbons (Fsp3) is 0.609. The summed E-state index contributed by atoms with van der Waals surface area (Å²) in [4.78, 5) is 7.93. The SMILES string of the molecule is CN=C(NCCc1c[nH]c2cccc(C)c12)NC1C2CCOC2C12CCCC2.I. The number of hydrogen-bond acceptors (Lipinski definition) is 2. The number of halogens is 1. The molecule has 2 aromatic rings. The molecular formula is C23H33IN4O. The molecule has 3 unspecified atom stereocenters. The van der Waals surface area contributed by atoms with E-state index in [0.717, 1.165) is 25.5 Å². The Kier molecular flexibility index (Phi) is 6.11. The van der Waals surface area contributed by atoms with Gasteiger partial charge in [-0.05, 0) is 49.8 Å². The molecule has 2 heterocycles. The van der Waals surface area contributed by atoms with Gasteiger partial charge in [-0.15, -0.1) is 24.0 Å². The molecule has 0 amide bonds. The molecule has 158 valence electrons. The number of fused-ring (bicyclic) bond motifs is 3. The highest BCUT2D eigenvalue weighted by Crippen LogP contribution is 2.60. The van der Waals surface area contributed by atoms with Gasteiger partial charge in [-0.2, -0.15) is 0 Å². The first kappa shape index (κ1) is 21.0. The van der Waals surface area contributed by atoms with Crippen molar-refractivity contribution < 1.29 is 4.74 Å². The molecule has 29 heavy (non-hydrogen) atoms. The van der Waals surface area contributed by atoms with Crippen molar-refractivity contribution in [2.24, 2.45) is 16.3 Å². The molecule has 1 aliphatic heterocycles. The van der Waals surface area contributed by atoms with Crippen molar-refractivity contribution in [3.8, 4) is 0 Å². The van der Waals surface area contributed by atoms with Gasteiger partial charge in [0.2, 0.25) is 0 Å². The number of rotatable bonds is 4. The molecule has 5 rings (SSSR count). The highest BCUT2D eigenvalue weighted by atomic mass is 127. The van der Waals surface area contributed by atoms with Crippen molar-refractivity contribution in [2.75, 3.05) is 20.2 Å². The number of ether oxygens (including phenoxy) is 1. The van der Waals surface area contributed by atoms with E-state index in [1.54, 1.807) is 0 Å². The monoisotopic (exact) mass is 508 g/mol. The Hall–Kier alpha value is -1.28. The second-order valence-electron chi connectivity index (χ2n) is 8.87. The molecule has 1 aromatic carbocycles. The predicted octanol–water partition coefficient (Wildman–Crippen LogP) is 4.15. The van der Waals surface area contributed by atoms with Gasteiger partial charge in [-0.3, -0.25) is 4.99 Å². The Morgan fingerprint density at radius 1 is 1.31 bits per heavy atom. The first-order valence-electron chi connectivity index (χ1n) is 10.9. The van der Waals surface area contributed by atoms with Crippen molar-refractivity contribution in [3.05, 3.63) is 35.5 Å². The normalized spacial score (nSPS) is 27.5. The van der Waals surface area contributed by atoms with E-state index in [2.05, 4.69) is 51.9 Å². The van der Waals surface area contributed by atoms with Crippen molar-refractivity contribution >= 4 is 40.8 Å². The summed E-state index contributed by atoms with van der Waals surface area (Å²) >= 11 is 0. The van der Waals surface area contributed by atoms with E-state index in [1.165, 1.54) is 54.1 Å².